The molecule has 3 nitrogen and oxygen atoms in total. The molecule has 0 saturated carbocycles. The molecule has 0 atom stereocenters. The first-order valence-electron chi connectivity index (χ1n) is 4.07. The lowest BCUT2D eigenvalue weighted by Gasteiger charge is -2.12. The molecule has 0 unspecified atom stereocenters. The molecule has 1 aromatic carbocycles. The highest BCUT2D eigenvalue weighted by Crippen LogP contribution is 2.18. The Labute approximate surface area is 92.2 Å². The summed E-state index contributed by atoms with van der Waals surface area (Å²) in [5.74, 6) is -2.84. The Balaban J connectivity index is 3.12. The molecule has 0 spiro atoms. The Bertz CT molecular complexity index is 470. The highest BCUT2D eigenvalue weighted by molar-refractivity contribution is 6.60. The highest BCUT2D eigenvalue weighted by atomic mass is 19.4. The molecule has 90 valence electrons. The molecule has 9 heteroatoms. The number of nitriles is 1. The number of halogens is 5. The number of benzene rings is 1. The Morgan fingerprint density at radius 2 is 1.88 bits per heavy atom. The largest absolute Gasteiger partial charge is 0.510 e. The van der Waals surface area contributed by atoms with E-state index in [1.807, 2.05) is 0 Å². The monoisotopic (exact) mass is 251 g/mol. The summed E-state index contributed by atoms with van der Waals surface area (Å²) < 4.78 is 64.5. The fourth-order valence-corrected chi connectivity index (χ4v) is 1.05. The van der Waals surface area contributed by atoms with Crippen molar-refractivity contribution in [1.29, 1.82) is 5.26 Å². The molecule has 0 saturated heterocycles. The van der Waals surface area contributed by atoms with Gasteiger partial charge in [0.25, 0.3) is 0 Å². The van der Waals surface area contributed by atoms with Gasteiger partial charge < -0.3 is 9.68 Å². The van der Waals surface area contributed by atoms with Gasteiger partial charge in [0.15, 0.2) is 0 Å². The summed E-state index contributed by atoms with van der Waals surface area (Å²) in [6.45, 7) is 0. The van der Waals surface area contributed by atoms with Crippen LogP contribution in [0, 0.1) is 23.0 Å². The quantitative estimate of drug-likeness (QED) is 0.631. The van der Waals surface area contributed by atoms with E-state index in [0.717, 1.165) is 6.07 Å². The zero-order chi connectivity index (χ0) is 13.2. The third kappa shape index (κ3) is 3.15. The number of hydrogen-bond donors (Lipinski definition) is 1. The van der Waals surface area contributed by atoms with Gasteiger partial charge in [-0.1, -0.05) is 6.07 Å². The predicted octanol–water partition coefficient (Wildman–Crippen LogP) is 1.06. The van der Waals surface area contributed by atoms with Gasteiger partial charge in [0.05, 0.1) is 0 Å². The number of hydrogen-bond acceptors (Lipinski definition) is 3. The van der Waals surface area contributed by atoms with Crippen LogP contribution in [0.25, 0.3) is 0 Å². The van der Waals surface area contributed by atoms with Crippen LogP contribution >= 0.6 is 0 Å². The van der Waals surface area contributed by atoms with Gasteiger partial charge in [0.1, 0.15) is 23.3 Å². The normalized spacial score (nSPS) is 11.1. The lowest BCUT2D eigenvalue weighted by atomic mass is 9.78. The molecule has 0 fully saturated rings. The van der Waals surface area contributed by atoms with Crippen LogP contribution in [0.3, 0.4) is 0 Å². The van der Waals surface area contributed by atoms with Crippen molar-refractivity contribution >= 4 is 12.6 Å². The fourth-order valence-electron chi connectivity index (χ4n) is 1.05. The van der Waals surface area contributed by atoms with Crippen molar-refractivity contribution in [3.05, 3.63) is 29.3 Å². The van der Waals surface area contributed by atoms with E-state index in [2.05, 4.69) is 4.65 Å². The van der Waals surface area contributed by atoms with E-state index in [-0.39, 0.29) is 0 Å². The van der Waals surface area contributed by atoms with Crippen molar-refractivity contribution < 1.29 is 31.6 Å². The van der Waals surface area contributed by atoms with Crippen LogP contribution in [0.5, 0.6) is 0 Å². The van der Waals surface area contributed by atoms with Crippen LogP contribution in [-0.4, -0.2) is 18.5 Å². The predicted molar refractivity (Wildman–Crippen MR) is 45.8 cm³/mol. The third-order valence-corrected chi connectivity index (χ3v) is 1.74. The van der Waals surface area contributed by atoms with Gasteiger partial charge in [-0.25, -0.2) is 8.78 Å². The summed E-state index contributed by atoms with van der Waals surface area (Å²) in [6, 6.07) is 2.24. The SMILES string of the molecule is N#Cc1c(F)ccc(B(O)OC(F)(F)F)c1F. The average molecular weight is 251 g/mol. The van der Waals surface area contributed by atoms with E-state index in [9.17, 15) is 22.0 Å². The number of alkyl halides is 3. The van der Waals surface area contributed by atoms with Crippen molar-refractivity contribution in [2.24, 2.45) is 0 Å². The van der Waals surface area contributed by atoms with Gasteiger partial charge in [0, 0.05) is 5.46 Å². The molecule has 0 aliphatic heterocycles. The van der Waals surface area contributed by atoms with Crippen molar-refractivity contribution in [3.63, 3.8) is 0 Å². The molecule has 1 rings (SSSR count). The molecule has 0 aliphatic rings. The fraction of sp³-hybridized carbons (Fsp3) is 0.125. The second-order valence-corrected chi connectivity index (χ2v) is 2.85. The molecule has 1 N–H and O–H groups in total. The van der Waals surface area contributed by atoms with E-state index in [0.29, 0.717) is 12.1 Å². The second kappa shape index (κ2) is 4.69. The van der Waals surface area contributed by atoms with E-state index in [1.165, 1.54) is 0 Å². The summed E-state index contributed by atoms with van der Waals surface area (Å²) in [6.07, 6.45) is -5.19. The van der Waals surface area contributed by atoms with E-state index < -0.39 is 36.1 Å². The Kier molecular flexibility index (Phi) is 3.70. The molecule has 0 amide bonds. The Hall–Kier alpha value is -1.66. The van der Waals surface area contributed by atoms with Crippen LogP contribution in [0.2, 0.25) is 0 Å². The molecule has 0 aromatic heterocycles. The number of nitrogens with zero attached hydrogens (tertiary/aromatic N) is 1. The van der Waals surface area contributed by atoms with Crippen LogP contribution in [-0.2, 0) is 4.65 Å². The first kappa shape index (κ1) is 13.4. The first-order chi connectivity index (χ1) is 7.76. The summed E-state index contributed by atoms with van der Waals surface area (Å²) in [4.78, 5) is 0. The van der Waals surface area contributed by atoms with Crippen molar-refractivity contribution in [2.45, 2.75) is 6.36 Å². The molecular formula is C8H3BF5NO2. The smallest absolute Gasteiger partial charge is 0.423 e. The summed E-state index contributed by atoms with van der Waals surface area (Å²) in [5, 5.41) is 17.3. The molecule has 17 heavy (non-hydrogen) atoms. The third-order valence-electron chi connectivity index (χ3n) is 1.74. The average Bonchev–Trinajstić information content (AvgIpc) is 2.15. The topological polar surface area (TPSA) is 53.2 Å². The van der Waals surface area contributed by atoms with Crippen molar-refractivity contribution in [3.8, 4) is 6.07 Å². The van der Waals surface area contributed by atoms with E-state index >= 15 is 0 Å². The maximum atomic E-state index is 13.3. The van der Waals surface area contributed by atoms with Gasteiger partial charge in [-0.2, -0.15) is 5.26 Å². The summed E-state index contributed by atoms with van der Waals surface area (Å²) in [7, 11) is -2.66. The van der Waals surface area contributed by atoms with E-state index in [1.54, 1.807) is 0 Å². The van der Waals surface area contributed by atoms with Gasteiger partial charge in [-0.15, -0.1) is 13.2 Å². The van der Waals surface area contributed by atoms with Crippen molar-refractivity contribution in [1.82, 2.24) is 0 Å². The Morgan fingerprint density at radius 3 is 2.35 bits per heavy atom. The minimum Gasteiger partial charge on any atom is -0.423 e. The van der Waals surface area contributed by atoms with Crippen LogP contribution in [0.4, 0.5) is 22.0 Å². The maximum absolute atomic E-state index is 13.3. The first-order valence-corrected chi connectivity index (χ1v) is 4.07. The van der Waals surface area contributed by atoms with Crippen LogP contribution in [0.1, 0.15) is 5.56 Å². The lowest BCUT2D eigenvalue weighted by Crippen LogP contribution is -2.41. The highest BCUT2D eigenvalue weighted by Gasteiger charge is 2.38. The lowest BCUT2D eigenvalue weighted by molar-refractivity contribution is -0.282. The Morgan fingerprint density at radius 1 is 1.29 bits per heavy atom. The summed E-state index contributed by atoms with van der Waals surface area (Å²) in [5.41, 5.74) is -2.06. The minimum absolute atomic E-state index is 0.555. The molecular weight excluding hydrogens is 248 g/mol. The van der Waals surface area contributed by atoms with Crippen molar-refractivity contribution in [2.75, 3.05) is 0 Å². The zero-order valence-electron chi connectivity index (χ0n) is 7.92. The summed E-state index contributed by atoms with van der Waals surface area (Å²) >= 11 is 0. The molecule has 0 aliphatic carbocycles. The maximum Gasteiger partial charge on any atom is 0.510 e. The molecule has 0 heterocycles. The van der Waals surface area contributed by atoms with Crippen LogP contribution in [0.15, 0.2) is 12.1 Å². The zero-order valence-corrected chi connectivity index (χ0v) is 7.92. The standard InChI is InChI=1S/C8H3BF5NO2/c10-6-2-1-5(7(11)4(6)3-15)9(16)17-8(12,13)14/h1-2,16H. The van der Waals surface area contributed by atoms with Gasteiger partial charge in [-0.3, -0.25) is 0 Å². The van der Waals surface area contributed by atoms with Gasteiger partial charge >= 0.3 is 13.5 Å². The van der Waals surface area contributed by atoms with Crippen LogP contribution < -0.4 is 5.46 Å². The van der Waals surface area contributed by atoms with Gasteiger partial charge in [0.2, 0.25) is 0 Å². The minimum atomic E-state index is -5.19. The molecule has 0 radical (unpaired) electrons. The second-order valence-electron chi connectivity index (χ2n) is 2.85. The van der Waals surface area contributed by atoms with Gasteiger partial charge in [-0.05, 0) is 6.07 Å². The molecule has 0 bridgehead atoms. The molecule has 1 aromatic rings. The van der Waals surface area contributed by atoms with E-state index in [4.69, 9.17) is 10.3 Å². The number of rotatable bonds is 2.